The molecule has 2 nitrogen and oxygen atoms in total. The number of carbonyl (C=O) groups excluding carboxylic acids is 1. The molecule has 0 bridgehead atoms. The van der Waals surface area contributed by atoms with Gasteiger partial charge in [-0.05, 0) is 30.0 Å². The average molecular weight is 396 g/mol. The molecule has 0 spiro atoms. The number of rotatable bonds is 5. The summed E-state index contributed by atoms with van der Waals surface area (Å²) in [6.45, 7) is 3.62. The summed E-state index contributed by atoms with van der Waals surface area (Å²) in [7, 11) is 0. The van der Waals surface area contributed by atoms with Gasteiger partial charge < -0.3 is 4.74 Å². The van der Waals surface area contributed by atoms with Gasteiger partial charge in [-0.3, -0.25) is 4.79 Å². The molecule has 21 heavy (non-hydrogen) atoms. The van der Waals surface area contributed by atoms with Crippen LogP contribution in [0.3, 0.4) is 0 Å². The number of unbranched alkanes of at least 4 members (excludes halogenated alkanes) is 1. The number of halogens is 1. The van der Waals surface area contributed by atoms with Crippen LogP contribution in [-0.4, -0.2) is 5.97 Å². The number of hydrogen-bond acceptors (Lipinski definition) is 2. The molecular weight excluding hydrogens is 375 g/mol. The van der Waals surface area contributed by atoms with Crippen molar-refractivity contribution in [1.82, 2.24) is 0 Å². The SMILES string of the molecule is CCCCc1ccccc1-c1ccccc1OC(C)=O.I. The standard InChI is InChI=1S/C18H20O2.HI/c1-3-4-9-15-10-5-6-11-16(15)17-12-7-8-13-18(17)20-14(2)19;/h5-8,10-13H,3-4,9H2,1-2H3;1H. The molecule has 0 aliphatic carbocycles. The maximum atomic E-state index is 11.2. The average Bonchev–Trinajstić information content (AvgIpc) is 2.45. The molecule has 0 fully saturated rings. The Morgan fingerprint density at radius 2 is 1.62 bits per heavy atom. The van der Waals surface area contributed by atoms with E-state index in [9.17, 15) is 4.79 Å². The summed E-state index contributed by atoms with van der Waals surface area (Å²) in [6, 6.07) is 16.0. The lowest BCUT2D eigenvalue weighted by Gasteiger charge is -2.13. The smallest absolute Gasteiger partial charge is 0.308 e. The van der Waals surface area contributed by atoms with Crippen LogP contribution in [-0.2, 0) is 11.2 Å². The van der Waals surface area contributed by atoms with E-state index in [0.29, 0.717) is 5.75 Å². The van der Waals surface area contributed by atoms with Gasteiger partial charge in [0.15, 0.2) is 0 Å². The van der Waals surface area contributed by atoms with E-state index < -0.39 is 0 Å². The van der Waals surface area contributed by atoms with Crippen molar-refractivity contribution in [2.45, 2.75) is 33.1 Å². The summed E-state index contributed by atoms with van der Waals surface area (Å²) >= 11 is 0. The van der Waals surface area contributed by atoms with Gasteiger partial charge >= 0.3 is 5.97 Å². The zero-order chi connectivity index (χ0) is 14.4. The van der Waals surface area contributed by atoms with E-state index in [4.69, 9.17) is 4.74 Å². The van der Waals surface area contributed by atoms with Crippen LogP contribution >= 0.6 is 24.0 Å². The quantitative estimate of drug-likeness (QED) is 0.393. The molecule has 0 unspecified atom stereocenters. The van der Waals surface area contributed by atoms with Gasteiger partial charge in [0.05, 0.1) is 0 Å². The Hall–Kier alpha value is -1.36. The van der Waals surface area contributed by atoms with Crippen molar-refractivity contribution in [3.05, 3.63) is 54.1 Å². The summed E-state index contributed by atoms with van der Waals surface area (Å²) in [5.74, 6) is 0.340. The minimum absolute atomic E-state index is 0. The molecule has 0 heterocycles. The van der Waals surface area contributed by atoms with Gasteiger partial charge in [0.1, 0.15) is 5.75 Å². The number of ether oxygens (including phenoxy) is 1. The third-order valence-corrected chi connectivity index (χ3v) is 3.25. The van der Waals surface area contributed by atoms with Gasteiger partial charge in [-0.2, -0.15) is 0 Å². The first-order chi connectivity index (χ1) is 9.72. The Morgan fingerprint density at radius 3 is 2.29 bits per heavy atom. The Balaban J connectivity index is 0.00000220. The molecule has 3 heteroatoms. The van der Waals surface area contributed by atoms with E-state index in [0.717, 1.165) is 24.0 Å². The van der Waals surface area contributed by atoms with Crippen LogP contribution in [0.2, 0.25) is 0 Å². The van der Waals surface area contributed by atoms with Gasteiger partial charge in [-0.15, -0.1) is 24.0 Å². The minimum atomic E-state index is -0.288. The van der Waals surface area contributed by atoms with Crippen molar-refractivity contribution in [2.75, 3.05) is 0 Å². The van der Waals surface area contributed by atoms with Crippen LogP contribution in [0.15, 0.2) is 48.5 Å². The monoisotopic (exact) mass is 396 g/mol. The molecule has 112 valence electrons. The first-order valence-corrected chi connectivity index (χ1v) is 7.08. The first-order valence-electron chi connectivity index (χ1n) is 7.08. The fourth-order valence-electron chi connectivity index (χ4n) is 2.30. The molecule has 0 aromatic heterocycles. The number of hydrogen-bond donors (Lipinski definition) is 0. The molecule has 0 radical (unpaired) electrons. The number of carbonyl (C=O) groups is 1. The molecule has 0 N–H and O–H groups in total. The van der Waals surface area contributed by atoms with Crippen LogP contribution in [0.4, 0.5) is 0 Å². The van der Waals surface area contributed by atoms with Crippen LogP contribution in [0.5, 0.6) is 5.75 Å². The third-order valence-electron chi connectivity index (χ3n) is 3.25. The third kappa shape index (κ3) is 4.84. The lowest BCUT2D eigenvalue weighted by Crippen LogP contribution is -2.03. The molecule has 0 saturated carbocycles. The summed E-state index contributed by atoms with van der Waals surface area (Å²) in [6.07, 6.45) is 3.37. The molecule has 0 aliphatic heterocycles. The van der Waals surface area contributed by atoms with Crippen LogP contribution in [0.1, 0.15) is 32.3 Å². The second kappa shape index (κ2) is 8.82. The first kappa shape index (κ1) is 17.7. The molecule has 0 atom stereocenters. The topological polar surface area (TPSA) is 26.3 Å². The van der Waals surface area contributed by atoms with Gasteiger partial charge in [0, 0.05) is 12.5 Å². The molecule has 2 aromatic carbocycles. The zero-order valence-corrected chi connectivity index (χ0v) is 14.8. The van der Waals surface area contributed by atoms with E-state index in [1.165, 1.54) is 18.9 Å². The van der Waals surface area contributed by atoms with Crippen molar-refractivity contribution in [2.24, 2.45) is 0 Å². The molecule has 2 rings (SSSR count). The Kier molecular flexibility index (Phi) is 7.43. The van der Waals surface area contributed by atoms with Crippen LogP contribution < -0.4 is 4.74 Å². The lowest BCUT2D eigenvalue weighted by molar-refractivity contribution is -0.131. The van der Waals surface area contributed by atoms with Gasteiger partial charge in [0.25, 0.3) is 0 Å². The molecular formula is C18H21IO2. The Bertz CT molecular complexity index is 593. The second-order valence-corrected chi connectivity index (χ2v) is 4.85. The highest BCUT2D eigenvalue weighted by molar-refractivity contribution is 14.0. The van der Waals surface area contributed by atoms with E-state index in [1.807, 2.05) is 30.3 Å². The number of para-hydroxylation sites is 1. The number of esters is 1. The van der Waals surface area contributed by atoms with Gasteiger partial charge in [-0.25, -0.2) is 0 Å². The van der Waals surface area contributed by atoms with E-state index in [-0.39, 0.29) is 29.9 Å². The normalized spacial score (nSPS) is 9.81. The number of aryl methyl sites for hydroxylation is 1. The van der Waals surface area contributed by atoms with E-state index in [2.05, 4.69) is 25.1 Å². The van der Waals surface area contributed by atoms with E-state index >= 15 is 0 Å². The Labute approximate surface area is 143 Å². The fourth-order valence-corrected chi connectivity index (χ4v) is 2.30. The van der Waals surface area contributed by atoms with Crippen molar-refractivity contribution in [1.29, 1.82) is 0 Å². The maximum Gasteiger partial charge on any atom is 0.308 e. The lowest BCUT2D eigenvalue weighted by atomic mass is 9.95. The van der Waals surface area contributed by atoms with Gasteiger partial charge in [-0.1, -0.05) is 55.8 Å². The van der Waals surface area contributed by atoms with Crippen molar-refractivity contribution in [3.63, 3.8) is 0 Å². The summed E-state index contributed by atoms with van der Waals surface area (Å²) < 4.78 is 5.32. The summed E-state index contributed by atoms with van der Waals surface area (Å²) in [5, 5.41) is 0. The molecule has 0 saturated heterocycles. The van der Waals surface area contributed by atoms with Crippen molar-refractivity contribution >= 4 is 29.9 Å². The second-order valence-electron chi connectivity index (χ2n) is 4.85. The van der Waals surface area contributed by atoms with Crippen LogP contribution in [0.25, 0.3) is 11.1 Å². The summed E-state index contributed by atoms with van der Waals surface area (Å²) in [4.78, 5) is 11.2. The molecule has 0 amide bonds. The zero-order valence-electron chi connectivity index (χ0n) is 12.5. The van der Waals surface area contributed by atoms with Crippen LogP contribution in [0, 0.1) is 0 Å². The van der Waals surface area contributed by atoms with E-state index in [1.54, 1.807) is 0 Å². The highest BCUT2D eigenvalue weighted by Crippen LogP contribution is 2.33. The van der Waals surface area contributed by atoms with Gasteiger partial charge in [0.2, 0.25) is 0 Å². The Morgan fingerprint density at radius 1 is 1.00 bits per heavy atom. The maximum absolute atomic E-state index is 11.2. The highest BCUT2D eigenvalue weighted by atomic mass is 127. The largest absolute Gasteiger partial charge is 0.426 e. The summed E-state index contributed by atoms with van der Waals surface area (Å²) in [5.41, 5.74) is 3.43. The predicted octanol–water partition coefficient (Wildman–Crippen LogP) is 5.24. The fraction of sp³-hybridized carbons (Fsp3) is 0.278. The molecule has 0 aliphatic rings. The number of benzene rings is 2. The highest BCUT2D eigenvalue weighted by Gasteiger charge is 2.11. The van der Waals surface area contributed by atoms with Crippen molar-refractivity contribution in [3.8, 4) is 16.9 Å². The minimum Gasteiger partial charge on any atom is -0.426 e. The van der Waals surface area contributed by atoms with Crippen molar-refractivity contribution < 1.29 is 9.53 Å². The molecule has 2 aromatic rings. The predicted molar refractivity (Wildman–Crippen MR) is 97.2 cm³/mol.